The number of anilines is 1. The smallest absolute Gasteiger partial charge is 0.257 e. The highest BCUT2D eigenvalue weighted by Crippen LogP contribution is 2.22. The van der Waals surface area contributed by atoms with E-state index in [0.29, 0.717) is 11.4 Å². The number of hydrogen-bond acceptors (Lipinski definition) is 2. The molecule has 0 aliphatic rings. The van der Waals surface area contributed by atoms with E-state index in [1.807, 2.05) is 19.1 Å². The van der Waals surface area contributed by atoms with Crippen molar-refractivity contribution in [2.45, 2.75) is 6.92 Å². The molecule has 1 aromatic heterocycles. The van der Waals surface area contributed by atoms with Crippen molar-refractivity contribution in [3.63, 3.8) is 0 Å². The molecule has 6 heteroatoms. The summed E-state index contributed by atoms with van der Waals surface area (Å²) in [7, 11) is 0. The molecule has 0 bridgehead atoms. The van der Waals surface area contributed by atoms with Crippen LogP contribution in [0.25, 0.3) is 0 Å². The van der Waals surface area contributed by atoms with Crippen molar-refractivity contribution in [2.75, 3.05) is 5.32 Å². The Labute approximate surface area is 115 Å². The van der Waals surface area contributed by atoms with Gasteiger partial charge >= 0.3 is 0 Å². The van der Waals surface area contributed by atoms with E-state index in [1.165, 1.54) is 0 Å². The van der Waals surface area contributed by atoms with E-state index < -0.39 is 0 Å². The predicted molar refractivity (Wildman–Crippen MR) is 73.1 cm³/mol. The zero-order valence-electron chi connectivity index (χ0n) is 8.92. The fourth-order valence-electron chi connectivity index (χ4n) is 1.33. The highest BCUT2D eigenvalue weighted by Gasteiger charge is 2.12. The maximum absolute atomic E-state index is 12.0. The monoisotopic (exact) mass is 357 g/mol. The van der Waals surface area contributed by atoms with Crippen LogP contribution < -0.4 is 5.32 Å². The Morgan fingerprint density at radius 3 is 2.82 bits per heavy atom. The van der Waals surface area contributed by atoms with Crippen LogP contribution in [-0.4, -0.2) is 16.1 Å². The summed E-state index contributed by atoms with van der Waals surface area (Å²) in [6.07, 6.45) is 1.66. The highest BCUT2D eigenvalue weighted by molar-refractivity contribution is 9.11. The molecule has 4 nitrogen and oxygen atoms in total. The van der Waals surface area contributed by atoms with Crippen LogP contribution in [0.3, 0.4) is 0 Å². The van der Waals surface area contributed by atoms with Gasteiger partial charge in [-0.3, -0.25) is 9.89 Å². The van der Waals surface area contributed by atoms with Crippen molar-refractivity contribution in [1.82, 2.24) is 10.2 Å². The summed E-state index contributed by atoms with van der Waals surface area (Å²) in [5, 5.41) is 9.35. The Balaban J connectivity index is 2.26. The standard InChI is InChI=1S/C11H9Br2N3O/c1-6-5-14-16-10(6)15-11(17)8-4-7(12)2-3-9(8)13/h2-5H,1H3,(H2,14,15,16,17). The van der Waals surface area contributed by atoms with Crippen molar-refractivity contribution >= 4 is 43.6 Å². The molecule has 1 amide bonds. The summed E-state index contributed by atoms with van der Waals surface area (Å²) in [5.74, 6) is 0.424. The van der Waals surface area contributed by atoms with Gasteiger partial charge in [0.15, 0.2) is 0 Å². The molecular formula is C11H9Br2N3O. The van der Waals surface area contributed by atoms with Crippen LogP contribution in [0.15, 0.2) is 33.3 Å². The number of aryl methyl sites for hydroxylation is 1. The van der Waals surface area contributed by atoms with Gasteiger partial charge in [0.2, 0.25) is 0 Å². The molecule has 88 valence electrons. The quantitative estimate of drug-likeness (QED) is 0.863. The van der Waals surface area contributed by atoms with Gasteiger partial charge in [0.05, 0.1) is 11.8 Å². The van der Waals surface area contributed by atoms with Crippen LogP contribution in [-0.2, 0) is 0 Å². The van der Waals surface area contributed by atoms with Gasteiger partial charge < -0.3 is 5.32 Å². The normalized spacial score (nSPS) is 10.3. The van der Waals surface area contributed by atoms with Gasteiger partial charge in [-0.15, -0.1) is 0 Å². The van der Waals surface area contributed by atoms with Crippen LogP contribution in [0.4, 0.5) is 5.82 Å². The van der Waals surface area contributed by atoms with Crippen molar-refractivity contribution in [2.24, 2.45) is 0 Å². The third-order valence-corrected chi connectivity index (χ3v) is 3.43. The molecule has 0 radical (unpaired) electrons. The van der Waals surface area contributed by atoms with Gasteiger partial charge in [-0.1, -0.05) is 15.9 Å². The van der Waals surface area contributed by atoms with E-state index >= 15 is 0 Å². The number of carbonyl (C=O) groups excluding carboxylic acids is 1. The number of hydrogen-bond donors (Lipinski definition) is 2. The number of benzene rings is 1. The Hall–Kier alpha value is -1.14. The van der Waals surface area contributed by atoms with Crippen molar-refractivity contribution in [3.8, 4) is 0 Å². The predicted octanol–water partition coefficient (Wildman–Crippen LogP) is 3.50. The highest BCUT2D eigenvalue weighted by atomic mass is 79.9. The molecular weight excluding hydrogens is 350 g/mol. The molecule has 1 aromatic carbocycles. The average Bonchev–Trinajstić information content (AvgIpc) is 2.68. The van der Waals surface area contributed by atoms with E-state index in [4.69, 9.17) is 0 Å². The lowest BCUT2D eigenvalue weighted by atomic mass is 10.2. The molecule has 2 aromatic rings. The van der Waals surface area contributed by atoms with E-state index in [1.54, 1.807) is 12.3 Å². The first kappa shape index (κ1) is 12.3. The fourth-order valence-corrected chi connectivity index (χ4v) is 2.11. The summed E-state index contributed by atoms with van der Waals surface area (Å²) < 4.78 is 1.60. The summed E-state index contributed by atoms with van der Waals surface area (Å²) in [4.78, 5) is 12.0. The average molecular weight is 359 g/mol. The Morgan fingerprint density at radius 2 is 2.18 bits per heavy atom. The third kappa shape index (κ3) is 2.76. The minimum Gasteiger partial charge on any atom is -0.307 e. The maximum Gasteiger partial charge on any atom is 0.257 e. The van der Waals surface area contributed by atoms with Crippen LogP contribution in [0.1, 0.15) is 15.9 Å². The fraction of sp³-hybridized carbons (Fsp3) is 0.0909. The molecule has 0 spiro atoms. The lowest BCUT2D eigenvalue weighted by Gasteiger charge is -2.06. The number of rotatable bonds is 2. The van der Waals surface area contributed by atoms with Gasteiger partial charge in [-0.2, -0.15) is 5.10 Å². The zero-order valence-corrected chi connectivity index (χ0v) is 12.1. The molecule has 0 unspecified atom stereocenters. The summed E-state index contributed by atoms with van der Waals surface area (Å²) in [6, 6.07) is 5.44. The summed E-state index contributed by atoms with van der Waals surface area (Å²) in [6.45, 7) is 1.87. The third-order valence-electron chi connectivity index (χ3n) is 2.24. The van der Waals surface area contributed by atoms with Crippen molar-refractivity contribution < 1.29 is 4.79 Å². The van der Waals surface area contributed by atoms with Crippen LogP contribution >= 0.6 is 31.9 Å². The van der Waals surface area contributed by atoms with E-state index in [0.717, 1.165) is 14.5 Å². The van der Waals surface area contributed by atoms with Gasteiger partial charge in [0, 0.05) is 14.5 Å². The molecule has 0 aliphatic carbocycles. The van der Waals surface area contributed by atoms with Crippen LogP contribution in [0.2, 0.25) is 0 Å². The van der Waals surface area contributed by atoms with Crippen molar-refractivity contribution in [1.29, 1.82) is 0 Å². The largest absolute Gasteiger partial charge is 0.307 e. The van der Waals surface area contributed by atoms with Crippen LogP contribution in [0.5, 0.6) is 0 Å². The van der Waals surface area contributed by atoms with E-state index in [2.05, 4.69) is 47.4 Å². The molecule has 0 saturated carbocycles. The minimum atomic E-state index is -0.189. The molecule has 0 saturated heterocycles. The van der Waals surface area contributed by atoms with Crippen LogP contribution in [0, 0.1) is 6.92 Å². The molecule has 17 heavy (non-hydrogen) atoms. The topological polar surface area (TPSA) is 57.8 Å². The number of carbonyl (C=O) groups is 1. The lowest BCUT2D eigenvalue weighted by Crippen LogP contribution is -2.13. The lowest BCUT2D eigenvalue weighted by molar-refractivity contribution is 0.102. The molecule has 1 heterocycles. The van der Waals surface area contributed by atoms with Gasteiger partial charge in [-0.05, 0) is 41.1 Å². The zero-order chi connectivity index (χ0) is 12.4. The van der Waals surface area contributed by atoms with Gasteiger partial charge in [0.1, 0.15) is 5.82 Å². The molecule has 0 fully saturated rings. The Kier molecular flexibility index (Phi) is 3.63. The summed E-state index contributed by atoms with van der Waals surface area (Å²) in [5.41, 5.74) is 1.46. The van der Waals surface area contributed by atoms with Gasteiger partial charge in [-0.25, -0.2) is 0 Å². The molecule has 0 atom stereocenters. The Morgan fingerprint density at radius 1 is 1.41 bits per heavy atom. The number of nitrogens with zero attached hydrogens (tertiary/aromatic N) is 1. The number of aromatic nitrogens is 2. The van der Waals surface area contributed by atoms with Crippen molar-refractivity contribution in [3.05, 3.63) is 44.5 Å². The van der Waals surface area contributed by atoms with Gasteiger partial charge in [0.25, 0.3) is 5.91 Å². The first-order chi connectivity index (χ1) is 8.08. The van der Waals surface area contributed by atoms with E-state index in [-0.39, 0.29) is 5.91 Å². The first-order valence-corrected chi connectivity index (χ1v) is 6.43. The second-order valence-electron chi connectivity index (χ2n) is 3.51. The number of halogens is 2. The second-order valence-corrected chi connectivity index (χ2v) is 5.28. The number of aromatic amines is 1. The molecule has 2 N–H and O–H groups in total. The first-order valence-electron chi connectivity index (χ1n) is 4.84. The minimum absolute atomic E-state index is 0.189. The molecule has 2 rings (SSSR count). The number of nitrogens with one attached hydrogen (secondary N) is 2. The SMILES string of the molecule is Cc1cn[nH]c1NC(=O)c1cc(Br)ccc1Br. The maximum atomic E-state index is 12.0. The summed E-state index contributed by atoms with van der Waals surface area (Å²) >= 11 is 6.68. The molecule has 0 aliphatic heterocycles. The number of amides is 1. The Bertz CT molecular complexity index is 566. The number of H-pyrrole nitrogens is 1. The second kappa shape index (κ2) is 5.01. The van der Waals surface area contributed by atoms with E-state index in [9.17, 15) is 4.79 Å².